The summed E-state index contributed by atoms with van der Waals surface area (Å²) in [5.41, 5.74) is 2.23. The van der Waals surface area contributed by atoms with Gasteiger partial charge in [0.05, 0.1) is 9.79 Å². The Hall–Kier alpha value is -0.480. The van der Waals surface area contributed by atoms with Gasteiger partial charge in [0.25, 0.3) is 0 Å². The van der Waals surface area contributed by atoms with Crippen molar-refractivity contribution in [3.8, 4) is 0 Å². The maximum atomic E-state index is 11.0. The number of hydrogen-bond acceptors (Lipinski definition) is 6. The van der Waals surface area contributed by atoms with Gasteiger partial charge < -0.3 is 9.11 Å². The van der Waals surface area contributed by atoms with Gasteiger partial charge in [0.2, 0.25) is 0 Å². The van der Waals surface area contributed by atoms with Crippen molar-refractivity contribution < 1.29 is 25.9 Å². The van der Waals surface area contributed by atoms with Crippen LogP contribution in [0, 0.1) is 0 Å². The summed E-state index contributed by atoms with van der Waals surface area (Å²) in [5, 5.41) is 0. The summed E-state index contributed by atoms with van der Waals surface area (Å²) in [4.78, 5) is -0.263. The summed E-state index contributed by atoms with van der Waals surface area (Å²) in [6, 6.07) is 12.8. The minimum Gasteiger partial charge on any atom is -0.744 e. The third-order valence-electron chi connectivity index (χ3n) is 21.1. The van der Waals surface area contributed by atoms with Crippen molar-refractivity contribution in [2.24, 2.45) is 0 Å². The Bertz CT molecular complexity index is 1910. The van der Waals surface area contributed by atoms with Gasteiger partial charge in [-0.2, -0.15) is 0 Å². The second-order valence-electron chi connectivity index (χ2n) is 30.4. The van der Waals surface area contributed by atoms with Gasteiger partial charge in [0.15, 0.2) is 0 Å². The average molecular weight is 1420 g/mol. The molecule has 0 aliphatic heterocycles. The van der Waals surface area contributed by atoms with E-state index in [9.17, 15) is 25.9 Å². The predicted octanol–water partition coefficient (Wildman–Crippen LogP) is 30.0. The molecule has 0 heterocycles. The maximum absolute atomic E-state index is 11.0. The van der Waals surface area contributed by atoms with Crippen molar-refractivity contribution in [1.82, 2.24) is 0 Å². The Morgan fingerprint density at radius 2 is 0.289 bits per heavy atom. The molecule has 2 aromatic rings. The average Bonchev–Trinajstić information content (AvgIpc) is 1.26. The summed E-state index contributed by atoms with van der Waals surface area (Å²) in [6.45, 7) is 4.61. The van der Waals surface area contributed by atoms with Gasteiger partial charge in [-0.05, 0) is 61.1 Å². The van der Waals surface area contributed by atoms with Crippen molar-refractivity contribution in [2.75, 3.05) is 0 Å². The van der Waals surface area contributed by atoms with E-state index < -0.39 is 20.2 Å². The summed E-state index contributed by atoms with van der Waals surface area (Å²) < 4.78 is 66.0. The molecule has 0 saturated heterocycles. The minimum atomic E-state index is -4.33. The summed E-state index contributed by atoms with van der Waals surface area (Å²) in [7, 11) is -8.66. The molecule has 97 heavy (non-hydrogen) atoms. The summed E-state index contributed by atoms with van der Waals surface area (Å²) >= 11 is 0. The van der Waals surface area contributed by atoms with Gasteiger partial charge >= 0.3 is 37.7 Å². The molecule has 0 unspecified atom stereocenters. The molecule has 0 aliphatic carbocycles. The van der Waals surface area contributed by atoms with E-state index in [0.29, 0.717) is 0 Å². The van der Waals surface area contributed by atoms with Crippen LogP contribution in [-0.4, -0.2) is 63.7 Å². The van der Waals surface area contributed by atoms with E-state index in [1.54, 1.807) is 24.3 Å². The zero-order valence-electron chi connectivity index (χ0n) is 64.9. The molecule has 6 nitrogen and oxygen atoms in total. The first-order valence-corrected chi connectivity index (χ1v) is 46.0. The molecule has 0 atom stereocenters. The minimum absolute atomic E-state index is 0. The van der Waals surface area contributed by atoms with Gasteiger partial charge in [-0.3, -0.25) is 0 Å². The van der Waals surface area contributed by atoms with Crippen LogP contribution >= 0.6 is 0 Å². The van der Waals surface area contributed by atoms with Crippen molar-refractivity contribution >= 4 is 58.0 Å². The molecule has 2 rings (SSSR count). The van der Waals surface area contributed by atoms with E-state index in [4.69, 9.17) is 0 Å². The van der Waals surface area contributed by atoms with Crippen molar-refractivity contribution in [2.45, 2.75) is 499 Å². The van der Waals surface area contributed by atoms with E-state index >= 15 is 0 Å². The molecule has 0 N–H and O–H groups in total. The zero-order chi connectivity index (χ0) is 69.3. The molecule has 0 saturated carbocycles. The Balaban J connectivity index is 0.00000188. The van der Waals surface area contributed by atoms with Crippen molar-refractivity contribution in [3.63, 3.8) is 0 Å². The van der Waals surface area contributed by atoms with Crippen LogP contribution < -0.4 is 0 Å². The molecule has 564 valence electrons. The fourth-order valence-corrected chi connectivity index (χ4v) is 15.4. The Kier molecular flexibility index (Phi) is 76.3. The first kappa shape index (κ1) is 96.5. The molecule has 0 amide bonds. The fourth-order valence-electron chi connectivity index (χ4n) is 14.5. The first-order valence-electron chi connectivity index (χ1n) is 43.2. The SMILES string of the molecule is CCCCCCCCCCCCCCCCCCCCCCCCCCCCCCCCCCCCCCc1ccc(S(=O)(=O)[O-])cc1.CCCCCCCCCCCCCCCCCCCCCCCCCCCCCCCCCCCCCCc1ccc(S(=O)(=O)[O-])cc1.[Ca+2]. The Labute approximate surface area is 637 Å². The van der Waals surface area contributed by atoms with Crippen molar-refractivity contribution in [3.05, 3.63) is 59.7 Å². The predicted molar refractivity (Wildman–Crippen MR) is 426 cm³/mol. The van der Waals surface area contributed by atoms with Crippen LogP contribution in [0.2, 0.25) is 0 Å². The monoisotopic (exact) mass is 1420 g/mol. The number of rotatable bonds is 76. The van der Waals surface area contributed by atoms with Crippen molar-refractivity contribution in [1.29, 1.82) is 0 Å². The van der Waals surface area contributed by atoms with Gasteiger partial charge in [-0.25, -0.2) is 16.8 Å². The first-order chi connectivity index (χ1) is 47.1. The topological polar surface area (TPSA) is 114 Å². The number of aryl methyl sites for hydroxylation is 2. The maximum Gasteiger partial charge on any atom is 2.00 e. The standard InChI is InChI=1S/2C44H82O3S.Ca/c2*1-2-3-4-5-6-7-8-9-10-11-12-13-14-15-16-17-18-19-20-21-22-23-24-25-26-27-28-29-30-31-32-33-34-35-36-37-38-43-39-41-44(42-40-43)48(45,46)47;/h2*39-42H,2-38H2,1H3,(H,45,46,47);/q;;+2/p-2. The van der Waals surface area contributed by atoms with E-state index in [1.807, 2.05) is 0 Å². The van der Waals surface area contributed by atoms with Crippen LogP contribution in [0.25, 0.3) is 0 Å². The molecule has 0 bridgehead atoms. The summed E-state index contributed by atoms with van der Waals surface area (Å²) in [6.07, 6.45) is 105. The Morgan fingerprint density at radius 1 is 0.186 bits per heavy atom. The van der Waals surface area contributed by atoms with E-state index in [1.165, 1.54) is 474 Å². The molecule has 0 radical (unpaired) electrons. The van der Waals surface area contributed by atoms with Gasteiger partial charge in [0, 0.05) is 0 Å². The van der Waals surface area contributed by atoms with E-state index in [0.717, 1.165) is 36.8 Å². The van der Waals surface area contributed by atoms with Crippen LogP contribution in [0.1, 0.15) is 487 Å². The van der Waals surface area contributed by atoms with E-state index in [-0.39, 0.29) is 47.5 Å². The smallest absolute Gasteiger partial charge is 0.744 e. The molecular formula is C88H162CaO6S2. The van der Waals surface area contributed by atoms with Gasteiger partial charge in [-0.15, -0.1) is 0 Å². The molecule has 0 aromatic heterocycles. The molecule has 0 aliphatic rings. The molecule has 2 aromatic carbocycles. The normalized spacial score (nSPS) is 11.8. The number of unbranched alkanes of at least 4 members (excludes halogenated alkanes) is 70. The summed E-state index contributed by atoms with van der Waals surface area (Å²) in [5.74, 6) is 0. The van der Waals surface area contributed by atoms with Gasteiger partial charge in [-0.1, -0.05) is 488 Å². The third-order valence-corrected chi connectivity index (χ3v) is 22.8. The largest absolute Gasteiger partial charge is 2.00 e. The second-order valence-corrected chi connectivity index (χ2v) is 33.2. The van der Waals surface area contributed by atoms with E-state index in [2.05, 4.69) is 13.8 Å². The van der Waals surface area contributed by atoms with Crippen LogP contribution in [0.4, 0.5) is 0 Å². The van der Waals surface area contributed by atoms with Crippen LogP contribution in [0.3, 0.4) is 0 Å². The zero-order valence-corrected chi connectivity index (χ0v) is 68.8. The van der Waals surface area contributed by atoms with Gasteiger partial charge in [0.1, 0.15) is 20.2 Å². The van der Waals surface area contributed by atoms with Crippen LogP contribution in [0.15, 0.2) is 58.3 Å². The molecule has 9 heteroatoms. The number of benzene rings is 2. The Morgan fingerprint density at radius 3 is 0.392 bits per heavy atom. The molecule has 0 fully saturated rings. The molecular weight excluding hydrogens is 1260 g/mol. The third kappa shape index (κ3) is 72.3. The molecule has 0 spiro atoms. The second kappa shape index (κ2) is 76.6. The van der Waals surface area contributed by atoms with Crippen LogP contribution in [-0.2, 0) is 33.1 Å². The van der Waals surface area contributed by atoms with Crippen LogP contribution in [0.5, 0.6) is 0 Å². The number of hydrogen-bond donors (Lipinski definition) is 0. The fraction of sp³-hybridized carbons (Fsp3) is 0.864. The quantitative estimate of drug-likeness (QED) is 0.0370.